The van der Waals surface area contributed by atoms with Gasteiger partial charge in [-0.2, -0.15) is 4.98 Å². The Bertz CT molecular complexity index is 1020. The summed E-state index contributed by atoms with van der Waals surface area (Å²) in [7, 11) is 1.67. The van der Waals surface area contributed by atoms with Crippen LogP contribution in [0.3, 0.4) is 0 Å². The van der Waals surface area contributed by atoms with Crippen molar-refractivity contribution < 1.29 is 9.26 Å². The Kier molecular flexibility index (Phi) is 4.39. The predicted octanol–water partition coefficient (Wildman–Crippen LogP) is 3.90. The maximum Gasteiger partial charge on any atom is 0.227 e. The number of fused-ring (bicyclic) bond motifs is 1. The van der Waals surface area contributed by atoms with Gasteiger partial charge in [0.1, 0.15) is 5.75 Å². The zero-order chi connectivity index (χ0) is 17.9. The minimum Gasteiger partial charge on any atom is -0.497 e. The molecular weight excluding hydrogens is 328 g/mol. The number of hydrogen-bond donors (Lipinski definition) is 0. The second kappa shape index (κ2) is 7.00. The first-order chi connectivity index (χ1) is 12.8. The molecule has 0 N–H and O–H groups in total. The van der Waals surface area contributed by atoms with E-state index in [4.69, 9.17) is 9.26 Å². The fraction of sp³-hybridized carbons (Fsp3) is 0.250. The summed E-state index contributed by atoms with van der Waals surface area (Å²) in [6, 6.07) is 14.1. The quantitative estimate of drug-likeness (QED) is 0.529. The van der Waals surface area contributed by atoms with E-state index in [1.54, 1.807) is 7.11 Å². The standard InChI is InChI=1S/C20H20N4O2/c1-3-24-13-21-17-12-15(7-10-18(17)24)20-22-19(26-23-20)11-6-14-4-8-16(25-2)9-5-14/h4-5,7-10,12-13H,3,6,11H2,1-2H3. The molecule has 0 saturated carbocycles. The first-order valence-corrected chi connectivity index (χ1v) is 8.67. The zero-order valence-corrected chi connectivity index (χ0v) is 14.8. The lowest BCUT2D eigenvalue weighted by molar-refractivity contribution is 0.379. The van der Waals surface area contributed by atoms with Crippen LogP contribution >= 0.6 is 0 Å². The molecule has 0 unspecified atom stereocenters. The van der Waals surface area contributed by atoms with Crippen molar-refractivity contribution in [3.8, 4) is 17.1 Å². The molecule has 6 heteroatoms. The molecule has 0 atom stereocenters. The van der Waals surface area contributed by atoms with Crippen LogP contribution in [0.15, 0.2) is 53.3 Å². The molecule has 2 aromatic carbocycles. The van der Waals surface area contributed by atoms with Crippen molar-refractivity contribution in [3.63, 3.8) is 0 Å². The molecule has 132 valence electrons. The molecule has 2 aromatic heterocycles. The lowest BCUT2D eigenvalue weighted by Crippen LogP contribution is -1.92. The summed E-state index contributed by atoms with van der Waals surface area (Å²) in [4.78, 5) is 8.97. The maximum atomic E-state index is 5.41. The average molecular weight is 348 g/mol. The van der Waals surface area contributed by atoms with Gasteiger partial charge in [-0.05, 0) is 49.2 Å². The Morgan fingerprint density at radius 2 is 1.92 bits per heavy atom. The van der Waals surface area contributed by atoms with Gasteiger partial charge in [-0.25, -0.2) is 4.98 Å². The smallest absolute Gasteiger partial charge is 0.227 e. The molecule has 4 rings (SSSR count). The number of aromatic nitrogens is 4. The van der Waals surface area contributed by atoms with E-state index in [1.165, 1.54) is 5.56 Å². The van der Waals surface area contributed by atoms with Crippen LogP contribution in [0.2, 0.25) is 0 Å². The first-order valence-electron chi connectivity index (χ1n) is 8.67. The molecule has 6 nitrogen and oxygen atoms in total. The van der Waals surface area contributed by atoms with Gasteiger partial charge < -0.3 is 13.8 Å². The topological polar surface area (TPSA) is 66.0 Å². The number of aryl methyl sites for hydroxylation is 3. The van der Waals surface area contributed by atoms with Crippen LogP contribution in [0.25, 0.3) is 22.4 Å². The van der Waals surface area contributed by atoms with Crippen molar-refractivity contribution >= 4 is 11.0 Å². The Labute approximate surface area is 151 Å². The monoisotopic (exact) mass is 348 g/mol. The Morgan fingerprint density at radius 3 is 2.69 bits per heavy atom. The summed E-state index contributed by atoms with van der Waals surface area (Å²) in [5.74, 6) is 2.09. The lowest BCUT2D eigenvalue weighted by atomic mass is 10.1. The molecule has 0 bridgehead atoms. The van der Waals surface area contributed by atoms with Crippen LogP contribution in [-0.4, -0.2) is 26.8 Å². The summed E-state index contributed by atoms with van der Waals surface area (Å²) >= 11 is 0. The highest BCUT2D eigenvalue weighted by Gasteiger charge is 2.11. The van der Waals surface area contributed by atoms with Gasteiger partial charge >= 0.3 is 0 Å². The molecule has 0 saturated heterocycles. The normalized spacial score (nSPS) is 11.2. The van der Waals surface area contributed by atoms with E-state index >= 15 is 0 Å². The fourth-order valence-corrected chi connectivity index (χ4v) is 2.97. The molecule has 0 aliphatic carbocycles. The van der Waals surface area contributed by atoms with Gasteiger partial charge in [0.05, 0.1) is 24.5 Å². The van der Waals surface area contributed by atoms with Crippen molar-refractivity contribution in [3.05, 3.63) is 60.2 Å². The molecular formula is C20H20N4O2. The SMILES string of the molecule is CCn1cnc2cc(-c3noc(CCc4ccc(OC)cc4)n3)ccc21. The van der Waals surface area contributed by atoms with Gasteiger partial charge in [0.15, 0.2) is 0 Å². The number of hydrogen-bond acceptors (Lipinski definition) is 5. The molecule has 0 aliphatic heterocycles. The third kappa shape index (κ3) is 3.18. The van der Waals surface area contributed by atoms with E-state index in [0.717, 1.165) is 35.3 Å². The molecule has 0 amide bonds. The van der Waals surface area contributed by atoms with E-state index in [2.05, 4.69) is 32.7 Å². The largest absolute Gasteiger partial charge is 0.497 e. The van der Waals surface area contributed by atoms with Crippen LogP contribution < -0.4 is 4.74 Å². The predicted molar refractivity (Wildman–Crippen MR) is 99.1 cm³/mol. The van der Waals surface area contributed by atoms with Crippen LogP contribution in [0.1, 0.15) is 18.4 Å². The van der Waals surface area contributed by atoms with Crippen LogP contribution in [0.5, 0.6) is 5.75 Å². The zero-order valence-electron chi connectivity index (χ0n) is 14.8. The number of rotatable bonds is 6. The van der Waals surface area contributed by atoms with Crippen molar-refractivity contribution in [1.82, 2.24) is 19.7 Å². The van der Waals surface area contributed by atoms with Gasteiger partial charge in [0.25, 0.3) is 0 Å². The molecule has 4 aromatic rings. The van der Waals surface area contributed by atoms with E-state index in [-0.39, 0.29) is 0 Å². The lowest BCUT2D eigenvalue weighted by Gasteiger charge is -2.01. The third-order valence-corrected chi connectivity index (χ3v) is 4.47. The molecule has 0 aliphatic rings. The molecule has 26 heavy (non-hydrogen) atoms. The highest BCUT2D eigenvalue weighted by molar-refractivity contribution is 5.80. The van der Waals surface area contributed by atoms with Crippen LogP contribution in [-0.2, 0) is 19.4 Å². The number of methoxy groups -OCH3 is 1. The minimum absolute atomic E-state index is 0.600. The Morgan fingerprint density at radius 1 is 1.08 bits per heavy atom. The van der Waals surface area contributed by atoms with E-state index in [1.807, 2.05) is 42.7 Å². The van der Waals surface area contributed by atoms with Crippen LogP contribution in [0, 0.1) is 0 Å². The maximum absolute atomic E-state index is 5.41. The summed E-state index contributed by atoms with van der Waals surface area (Å²) in [6.45, 7) is 3.00. The molecule has 0 radical (unpaired) electrons. The Balaban J connectivity index is 1.48. The fourth-order valence-electron chi connectivity index (χ4n) is 2.97. The van der Waals surface area contributed by atoms with E-state index in [9.17, 15) is 0 Å². The highest BCUT2D eigenvalue weighted by Crippen LogP contribution is 2.22. The number of nitrogens with zero attached hydrogens (tertiary/aromatic N) is 4. The Hall–Kier alpha value is -3.15. The summed E-state index contributed by atoms with van der Waals surface area (Å²) in [6.07, 6.45) is 3.39. The van der Waals surface area contributed by atoms with E-state index < -0.39 is 0 Å². The number of imidazole rings is 1. The summed E-state index contributed by atoms with van der Waals surface area (Å²) < 4.78 is 12.7. The van der Waals surface area contributed by atoms with Crippen LogP contribution in [0.4, 0.5) is 0 Å². The van der Waals surface area contributed by atoms with Crippen molar-refractivity contribution in [1.29, 1.82) is 0 Å². The second-order valence-corrected chi connectivity index (χ2v) is 6.09. The second-order valence-electron chi connectivity index (χ2n) is 6.09. The van der Waals surface area contributed by atoms with Gasteiger partial charge in [-0.15, -0.1) is 0 Å². The average Bonchev–Trinajstić information content (AvgIpc) is 3.33. The minimum atomic E-state index is 0.600. The molecule has 0 fully saturated rings. The molecule has 2 heterocycles. The molecule has 0 spiro atoms. The van der Waals surface area contributed by atoms with Crippen molar-refractivity contribution in [2.75, 3.05) is 7.11 Å². The van der Waals surface area contributed by atoms with Crippen molar-refractivity contribution in [2.24, 2.45) is 0 Å². The van der Waals surface area contributed by atoms with Gasteiger partial charge in [-0.3, -0.25) is 0 Å². The van der Waals surface area contributed by atoms with Gasteiger partial charge in [0, 0.05) is 18.5 Å². The summed E-state index contributed by atoms with van der Waals surface area (Å²) in [5.41, 5.74) is 4.17. The number of ether oxygens (including phenoxy) is 1. The van der Waals surface area contributed by atoms with E-state index in [0.29, 0.717) is 18.1 Å². The summed E-state index contributed by atoms with van der Waals surface area (Å²) in [5, 5.41) is 4.12. The number of benzene rings is 2. The first kappa shape index (κ1) is 16.3. The van der Waals surface area contributed by atoms with Crippen molar-refractivity contribution in [2.45, 2.75) is 26.3 Å². The van der Waals surface area contributed by atoms with Gasteiger partial charge in [0.2, 0.25) is 11.7 Å². The third-order valence-electron chi connectivity index (χ3n) is 4.47. The van der Waals surface area contributed by atoms with Gasteiger partial charge in [-0.1, -0.05) is 17.3 Å². The highest BCUT2D eigenvalue weighted by atomic mass is 16.5.